The van der Waals surface area contributed by atoms with E-state index in [1.54, 1.807) is 0 Å². The van der Waals surface area contributed by atoms with Crippen molar-refractivity contribution < 1.29 is 9.53 Å². The van der Waals surface area contributed by atoms with E-state index in [9.17, 15) is 4.79 Å². The summed E-state index contributed by atoms with van der Waals surface area (Å²) in [6.07, 6.45) is 4.35. The Labute approximate surface area is 98.9 Å². The fourth-order valence-corrected chi connectivity index (χ4v) is 1.18. The summed E-state index contributed by atoms with van der Waals surface area (Å²) in [5.74, 6) is -0.0336. The lowest BCUT2D eigenvalue weighted by atomic mass is 10.2. The van der Waals surface area contributed by atoms with E-state index in [4.69, 9.17) is 10.5 Å². The van der Waals surface area contributed by atoms with Gasteiger partial charge in [-0.05, 0) is 40.2 Å². The van der Waals surface area contributed by atoms with Crippen molar-refractivity contribution >= 4 is 5.91 Å². The van der Waals surface area contributed by atoms with E-state index >= 15 is 0 Å². The number of rotatable bonds is 8. The predicted octanol–water partition coefficient (Wildman–Crippen LogP) is 1.44. The zero-order chi connectivity index (χ0) is 12.4. The van der Waals surface area contributed by atoms with Gasteiger partial charge in [0.25, 0.3) is 0 Å². The number of amides is 1. The highest BCUT2D eigenvalue weighted by atomic mass is 16.5. The molecule has 1 amide bonds. The second-order valence-corrected chi connectivity index (χ2v) is 4.95. The van der Waals surface area contributed by atoms with E-state index in [2.05, 4.69) is 5.32 Å². The van der Waals surface area contributed by atoms with Crippen molar-refractivity contribution in [2.45, 2.75) is 52.1 Å². The zero-order valence-corrected chi connectivity index (χ0v) is 10.8. The number of hydrogen-bond acceptors (Lipinski definition) is 3. The summed E-state index contributed by atoms with van der Waals surface area (Å²) in [5.41, 5.74) is 5.13. The number of unbranched alkanes of at least 4 members (excludes halogenated alkanes) is 3. The lowest BCUT2D eigenvalue weighted by molar-refractivity contribution is -0.130. The molecule has 0 atom stereocenters. The minimum absolute atomic E-state index is 0.0336. The van der Waals surface area contributed by atoms with Crippen LogP contribution in [0.15, 0.2) is 0 Å². The van der Waals surface area contributed by atoms with Gasteiger partial charge in [0.2, 0.25) is 5.91 Å². The summed E-state index contributed by atoms with van der Waals surface area (Å²) in [6.45, 7) is 7.45. The van der Waals surface area contributed by atoms with Crippen LogP contribution in [0.25, 0.3) is 0 Å². The van der Waals surface area contributed by atoms with Crippen LogP contribution in [0.3, 0.4) is 0 Å². The monoisotopic (exact) mass is 230 g/mol. The highest BCUT2D eigenvalue weighted by Gasteiger charge is 2.12. The van der Waals surface area contributed by atoms with Gasteiger partial charge in [-0.15, -0.1) is 0 Å². The van der Waals surface area contributed by atoms with Gasteiger partial charge in [-0.25, -0.2) is 0 Å². The molecule has 0 spiro atoms. The first-order chi connectivity index (χ1) is 7.45. The number of nitrogens with two attached hydrogens (primary N) is 1. The number of hydrogen-bond donors (Lipinski definition) is 2. The third kappa shape index (κ3) is 11.5. The zero-order valence-electron chi connectivity index (χ0n) is 10.8. The van der Waals surface area contributed by atoms with Crippen LogP contribution in [0.1, 0.15) is 46.5 Å². The molecule has 0 aromatic heterocycles. The number of carbonyl (C=O) groups excluding carboxylic acids is 1. The standard InChI is InChI=1S/C12H26N2O2/c1-12(2,3)16-10-11(15)14-9-7-5-4-6-8-13/h4-10,13H2,1-3H3,(H,14,15). The first-order valence-electron chi connectivity index (χ1n) is 6.06. The number of ether oxygens (including phenoxy) is 1. The minimum atomic E-state index is -0.252. The average Bonchev–Trinajstić information content (AvgIpc) is 2.19. The lowest BCUT2D eigenvalue weighted by Crippen LogP contribution is -2.32. The molecule has 0 bridgehead atoms. The van der Waals surface area contributed by atoms with Crippen LogP contribution < -0.4 is 11.1 Å². The Bertz CT molecular complexity index is 188. The largest absolute Gasteiger partial charge is 0.366 e. The highest BCUT2D eigenvalue weighted by Crippen LogP contribution is 2.05. The summed E-state index contributed by atoms with van der Waals surface area (Å²) >= 11 is 0. The van der Waals surface area contributed by atoms with Crippen molar-refractivity contribution in [1.29, 1.82) is 0 Å². The van der Waals surface area contributed by atoms with Crippen LogP contribution >= 0.6 is 0 Å². The maximum Gasteiger partial charge on any atom is 0.246 e. The number of carbonyl (C=O) groups is 1. The summed E-state index contributed by atoms with van der Waals surface area (Å²) in [5, 5.41) is 2.84. The van der Waals surface area contributed by atoms with Gasteiger partial charge >= 0.3 is 0 Å². The SMILES string of the molecule is CC(C)(C)OCC(=O)NCCCCCCN. The molecule has 0 heterocycles. The van der Waals surface area contributed by atoms with Crippen LogP contribution in [-0.4, -0.2) is 31.2 Å². The van der Waals surface area contributed by atoms with Gasteiger partial charge in [0, 0.05) is 6.54 Å². The van der Waals surface area contributed by atoms with Crippen LogP contribution in [-0.2, 0) is 9.53 Å². The summed E-state index contributed by atoms with van der Waals surface area (Å²) < 4.78 is 5.36. The van der Waals surface area contributed by atoms with Crippen molar-refractivity contribution in [2.24, 2.45) is 5.73 Å². The second kappa shape index (κ2) is 8.53. The van der Waals surface area contributed by atoms with Gasteiger partial charge in [-0.1, -0.05) is 12.8 Å². The first-order valence-corrected chi connectivity index (χ1v) is 6.06. The van der Waals surface area contributed by atoms with Gasteiger partial charge in [0.05, 0.1) is 5.60 Å². The van der Waals surface area contributed by atoms with Gasteiger partial charge in [0.1, 0.15) is 6.61 Å². The molecule has 0 saturated carbocycles. The Kier molecular flexibility index (Phi) is 8.21. The van der Waals surface area contributed by atoms with E-state index in [0.29, 0.717) is 0 Å². The van der Waals surface area contributed by atoms with E-state index in [1.807, 2.05) is 20.8 Å². The molecule has 0 saturated heterocycles. The molecule has 0 aliphatic carbocycles. The Balaban J connectivity index is 3.31. The molecule has 0 rings (SSSR count). The first kappa shape index (κ1) is 15.4. The summed E-state index contributed by atoms with van der Waals surface area (Å²) in [7, 11) is 0. The van der Waals surface area contributed by atoms with E-state index in [0.717, 1.165) is 38.8 Å². The van der Waals surface area contributed by atoms with Crippen molar-refractivity contribution in [3.63, 3.8) is 0 Å². The van der Waals surface area contributed by atoms with Crippen molar-refractivity contribution in [1.82, 2.24) is 5.32 Å². The Morgan fingerprint density at radius 1 is 1.19 bits per heavy atom. The van der Waals surface area contributed by atoms with Gasteiger partial charge < -0.3 is 15.8 Å². The molecule has 0 aliphatic rings. The molecule has 0 aliphatic heterocycles. The molecule has 0 aromatic rings. The molecular weight excluding hydrogens is 204 g/mol. The van der Waals surface area contributed by atoms with Crippen molar-refractivity contribution in [3.8, 4) is 0 Å². The lowest BCUT2D eigenvalue weighted by Gasteiger charge is -2.18. The molecule has 0 aromatic carbocycles. The Morgan fingerprint density at radius 3 is 2.38 bits per heavy atom. The molecule has 0 fully saturated rings. The van der Waals surface area contributed by atoms with Crippen molar-refractivity contribution in [3.05, 3.63) is 0 Å². The second-order valence-electron chi connectivity index (χ2n) is 4.95. The van der Waals surface area contributed by atoms with E-state index in [1.165, 1.54) is 0 Å². The topological polar surface area (TPSA) is 64.3 Å². The minimum Gasteiger partial charge on any atom is -0.366 e. The van der Waals surface area contributed by atoms with Crippen molar-refractivity contribution in [2.75, 3.05) is 19.7 Å². The highest BCUT2D eigenvalue weighted by molar-refractivity contribution is 5.77. The molecule has 0 radical (unpaired) electrons. The molecular formula is C12H26N2O2. The maximum atomic E-state index is 11.3. The summed E-state index contributed by atoms with van der Waals surface area (Å²) in [6, 6.07) is 0. The molecule has 0 unspecified atom stereocenters. The summed E-state index contributed by atoms with van der Waals surface area (Å²) in [4.78, 5) is 11.3. The fourth-order valence-electron chi connectivity index (χ4n) is 1.18. The van der Waals surface area contributed by atoms with Crippen LogP contribution in [0.4, 0.5) is 0 Å². The molecule has 96 valence electrons. The van der Waals surface area contributed by atoms with Crippen LogP contribution in [0.5, 0.6) is 0 Å². The molecule has 16 heavy (non-hydrogen) atoms. The van der Waals surface area contributed by atoms with Crippen LogP contribution in [0.2, 0.25) is 0 Å². The smallest absolute Gasteiger partial charge is 0.246 e. The van der Waals surface area contributed by atoms with Crippen LogP contribution in [0, 0.1) is 0 Å². The normalized spacial score (nSPS) is 11.5. The van der Waals surface area contributed by atoms with Gasteiger partial charge in [-0.2, -0.15) is 0 Å². The van der Waals surface area contributed by atoms with Gasteiger partial charge in [-0.3, -0.25) is 4.79 Å². The third-order valence-electron chi connectivity index (χ3n) is 2.09. The quantitative estimate of drug-likeness (QED) is 0.620. The maximum absolute atomic E-state index is 11.3. The molecule has 4 nitrogen and oxygen atoms in total. The predicted molar refractivity (Wildman–Crippen MR) is 66.2 cm³/mol. The van der Waals surface area contributed by atoms with Gasteiger partial charge in [0.15, 0.2) is 0 Å². The number of nitrogens with one attached hydrogen (secondary N) is 1. The Hall–Kier alpha value is -0.610. The average molecular weight is 230 g/mol. The van der Waals surface area contributed by atoms with E-state index in [-0.39, 0.29) is 18.1 Å². The third-order valence-corrected chi connectivity index (χ3v) is 2.09. The molecule has 4 heteroatoms. The van der Waals surface area contributed by atoms with E-state index < -0.39 is 0 Å². The molecule has 3 N–H and O–H groups in total. The Morgan fingerprint density at radius 2 is 1.81 bits per heavy atom. The fraction of sp³-hybridized carbons (Fsp3) is 0.917.